The topological polar surface area (TPSA) is 72.7 Å². The quantitative estimate of drug-likeness (QED) is 0.457. The molecule has 0 saturated heterocycles. The Hall–Kier alpha value is -2.55. The second-order valence-electron chi connectivity index (χ2n) is 3.51. The Bertz CT molecular complexity index is 519. The van der Waals surface area contributed by atoms with Crippen LogP contribution in [0.15, 0.2) is 18.2 Å². The van der Waals surface area contributed by atoms with Gasteiger partial charge < -0.3 is 9.64 Å². The number of amides is 1. The molecule has 0 aliphatic rings. The zero-order valence-electron chi connectivity index (χ0n) is 10.0. The molecule has 6 heteroatoms. The molecule has 0 aliphatic carbocycles. The Labute approximate surface area is 104 Å². The van der Waals surface area contributed by atoms with Gasteiger partial charge in [-0.2, -0.15) is 0 Å². The fraction of sp³-hybridized carbons (Fsp3) is 0.250. The number of carbonyl (C=O) groups excluding carboxylic acids is 1. The van der Waals surface area contributed by atoms with Gasteiger partial charge >= 0.3 is 0 Å². The third-order valence-electron chi connectivity index (χ3n) is 2.30. The molecule has 0 spiro atoms. The zero-order chi connectivity index (χ0) is 13.7. The van der Waals surface area contributed by atoms with Crippen LogP contribution >= 0.6 is 0 Å². The van der Waals surface area contributed by atoms with Crippen molar-refractivity contribution in [2.75, 3.05) is 20.7 Å². The highest BCUT2D eigenvalue weighted by molar-refractivity contribution is 5.97. The number of methoxy groups -OCH3 is 1. The van der Waals surface area contributed by atoms with Gasteiger partial charge in [-0.1, -0.05) is 5.92 Å². The van der Waals surface area contributed by atoms with E-state index < -0.39 is 4.92 Å². The highest BCUT2D eigenvalue weighted by Crippen LogP contribution is 2.25. The minimum absolute atomic E-state index is 0.136. The molecule has 6 nitrogen and oxygen atoms in total. The van der Waals surface area contributed by atoms with Gasteiger partial charge in [0.15, 0.2) is 0 Å². The first-order valence-corrected chi connectivity index (χ1v) is 5.02. The Balaban J connectivity index is 3.14. The SMILES string of the molecule is C#CCN(C)C(=O)c1ccc([N+](=O)[O-])cc1OC. The summed E-state index contributed by atoms with van der Waals surface area (Å²) >= 11 is 0. The maximum absolute atomic E-state index is 12.0. The fourth-order valence-corrected chi connectivity index (χ4v) is 1.38. The van der Waals surface area contributed by atoms with Gasteiger partial charge in [-0.3, -0.25) is 14.9 Å². The van der Waals surface area contributed by atoms with Crippen molar-refractivity contribution in [3.63, 3.8) is 0 Å². The average Bonchev–Trinajstić information content (AvgIpc) is 2.37. The van der Waals surface area contributed by atoms with E-state index in [0.717, 1.165) is 0 Å². The molecular weight excluding hydrogens is 236 g/mol. The number of hydrogen-bond acceptors (Lipinski definition) is 4. The van der Waals surface area contributed by atoms with E-state index in [0.29, 0.717) is 0 Å². The average molecular weight is 248 g/mol. The van der Waals surface area contributed by atoms with Crippen LogP contribution in [0.25, 0.3) is 0 Å². The number of ether oxygens (including phenoxy) is 1. The monoisotopic (exact) mass is 248 g/mol. The summed E-state index contributed by atoms with van der Waals surface area (Å²) in [5, 5.41) is 10.6. The van der Waals surface area contributed by atoms with E-state index in [1.807, 2.05) is 0 Å². The molecule has 0 heterocycles. The van der Waals surface area contributed by atoms with Crippen LogP contribution in [0.4, 0.5) is 5.69 Å². The number of nitro benzene ring substituents is 1. The first-order chi connectivity index (χ1) is 8.51. The lowest BCUT2D eigenvalue weighted by molar-refractivity contribution is -0.384. The van der Waals surface area contributed by atoms with Gasteiger partial charge in [-0.05, 0) is 6.07 Å². The van der Waals surface area contributed by atoms with Crippen LogP contribution < -0.4 is 4.74 Å². The summed E-state index contributed by atoms with van der Waals surface area (Å²) in [6.07, 6.45) is 5.12. The minimum Gasteiger partial charge on any atom is -0.496 e. The molecular formula is C12H12N2O4. The third kappa shape index (κ3) is 2.77. The van der Waals surface area contributed by atoms with Crippen molar-refractivity contribution < 1.29 is 14.5 Å². The van der Waals surface area contributed by atoms with E-state index in [4.69, 9.17) is 11.2 Å². The Morgan fingerprint density at radius 3 is 2.78 bits per heavy atom. The Kier molecular flexibility index (Phi) is 4.27. The summed E-state index contributed by atoms with van der Waals surface area (Å²) in [7, 11) is 2.89. The number of non-ortho nitro benzene ring substituents is 1. The number of rotatable bonds is 4. The molecule has 1 amide bonds. The van der Waals surface area contributed by atoms with Crippen LogP contribution in [0.2, 0.25) is 0 Å². The summed E-state index contributed by atoms with van der Waals surface area (Å²) in [6, 6.07) is 3.81. The van der Waals surface area contributed by atoms with Crippen LogP contribution in [0.3, 0.4) is 0 Å². The van der Waals surface area contributed by atoms with Gasteiger partial charge in [0.25, 0.3) is 11.6 Å². The lowest BCUT2D eigenvalue weighted by Crippen LogP contribution is -2.27. The molecule has 0 unspecified atom stereocenters. The van der Waals surface area contributed by atoms with Crippen LogP contribution in [0.5, 0.6) is 5.75 Å². The van der Waals surface area contributed by atoms with Crippen LogP contribution in [-0.4, -0.2) is 36.4 Å². The van der Waals surface area contributed by atoms with Crippen molar-refractivity contribution in [2.24, 2.45) is 0 Å². The van der Waals surface area contributed by atoms with Crippen molar-refractivity contribution in [1.82, 2.24) is 4.90 Å². The molecule has 0 N–H and O–H groups in total. The normalized spacial score (nSPS) is 9.39. The van der Waals surface area contributed by atoms with Gasteiger partial charge in [-0.15, -0.1) is 6.42 Å². The van der Waals surface area contributed by atoms with Crippen molar-refractivity contribution in [2.45, 2.75) is 0 Å². The number of benzene rings is 1. The smallest absolute Gasteiger partial charge is 0.273 e. The summed E-state index contributed by atoms with van der Waals surface area (Å²) in [6.45, 7) is 0.152. The molecule has 1 aromatic carbocycles. The summed E-state index contributed by atoms with van der Waals surface area (Å²) in [5.41, 5.74) is 0.101. The van der Waals surface area contributed by atoms with Gasteiger partial charge in [0.2, 0.25) is 0 Å². The molecule has 0 radical (unpaired) electrons. The molecule has 0 aliphatic heterocycles. The van der Waals surface area contributed by atoms with Crippen molar-refractivity contribution in [3.05, 3.63) is 33.9 Å². The summed E-state index contributed by atoms with van der Waals surface area (Å²) in [4.78, 5) is 23.4. The second-order valence-corrected chi connectivity index (χ2v) is 3.51. The molecule has 1 aromatic rings. The molecule has 94 valence electrons. The highest BCUT2D eigenvalue weighted by Gasteiger charge is 2.19. The van der Waals surface area contributed by atoms with Crippen molar-refractivity contribution in [3.8, 4) is 18.1 Å². The summed E-state index contributed by atoms with van der Waals surface area (Å²) in [5.74, 6) is 2.14. The van der Waals surface area contributed by atoms with E-state index in [9.17, 15) is 14.9 Å². The predicted octanol–water partition coefficient (Wildman–Crippen LogP) is 1.31. The fourth-order valence-electron chi connectivity index (χ4n) is 1.38. The number of nitro groups is 1. The van der Waals surface area contributed by atoms with E-state index in [2.05, 4.69) is 5.92 Å². The number of carbonyl (C=O) groups is 1. The van der Waals surface area contributed by atoms with Gasteiger partial charge in [-0.25, -0.2) is 0 Å². The van der Waals surface area contributed by atoms with Gasteiger partial charge in [0, 0.05) is 13.1 Å². The van der Waals surface area contributed by atoms with Gasteiger partial charge in [0.1, 0.15) is 5.75 Å². The Morgan fingerprint density at radius 1 is 1.61 bits per heavy atom. The third-order valence-corrected chi connectivity index (χ3v) is 2.30. The van der Waals surface area contributed by atoms with Crippen molar-refractivity contribution in [1.29, 1.82) is 0 Å². The van der Waals surface area contributed by atoms with E-state index >= 15 is 0 Å². The van der Waals surface area contributed by atoms with Gasteiger partial charge in [0.05, 0.1) is 30.2 Å². The largest absolute Gasteiger partial charge is 0.496 e. The first kappa shape index (κ1) is 13.5. The summed E-state index contributed by atoms with van der Waals surface area (Å²) < 4.78 is 4.98. The van der Waals surface area contributed by atoms with Crippen LogP contribution in [0.1, 0.15) is 10.4 Å². The van der Waals surface area contributed by atoms with E-state index in [-0.39, 0.29) is 29.5 Å². The number of hydrogen-bond donors (Lipinski definition) is 0. The molecule has 0 saturated carbocycles. The predicted molar refractivity (Wildman–Crippen MR) is 65.4 cm³/mol. The second kappa shape index (κ2) is 5.68. The van der Waals surface area contributed by atoms with E-state index in [1.165, 1.54) is 30.2 Å². The standard InChI is InChI=1S/C12H12N2O4/c1-4-7-13(2)12(15)10-6-5-9(14(16)17)8-11(10)18-3/h1,5-6,8H,7H2,2-3H3. The molecule has 0 fully saturated rings. The maximum atomic E-state index is 12.0. The Morgan fingerprint density at radius 2 is 2.28 bits per heavy atom. The molecule has 1 rings (SSSR count). The number of nitrogens with zero attached hydrogens (tertiary/aromatic N) is 2. The van der Waals surface area contributed by atoms with Crippen molar-refractivity contribution >= 4 is 11.6 Å². The zero-order valence-corrected chi connectivity index (χ0v) is 10.0. The molecule has 0 atom stereocenters. The minimum atomic E-state index is -0.554. The lowest BCUT2D eigenvalue weighted by atomic mass is 10.1. The lowest BCUT2D eigenvalue weighted by Gasteiger charge is -2.15. The van der Waals surface area contributed by atoms with E-state index in [1.54, 1.807) is 7.05 Å². The molecule has 0 bridgehead atoms. The first-order valence-electron chi connectivity index (χ1n) is 5.02. The molecule has 18 heavy (non-hydrogen) atoms. The highest BCUT2D eigenvalue weighted by atomic mass is 16.6. The molecule has 0 aromatic heterocycles. The maximum Gasteiger partial charge on any atom is 0.273 e. The number of terminal acetylenes is 1. The van der Waals surface area contributed by atoms with Crippen LogP contribution in [0, 0.1) is 22.5 Å². The van der Waals surface area contributed by atoms with Crippen LogP contribution in [-0.2, 0) is 0 Å².